The Morgan fingerprint density at radius 1 is 1.00 bits per heavy atom. The van der Waals surface area contributed by atoms with Crippen molar-refractivity contribution >= 4 is 0 Å². The van der Waals surface area contributed by atoms with Crippen molar-refractivity contribution in [2.45, 2.75) is 63.5 Å². The number of hydrogen-bond donors (Lipinski definition) is 1. The third-order valence-electron chi connectivity index (χ3n) is 5.16. The maximum absolute atomic E-state index is 6.11. The summed E-state index contributed by atoms with van der Waals surface area (Å²) in [6.45, 7) is 1.000. The molecule has 0 heterocycles. The molecule has 3 saturated carbocycles. The topological polar surface area (TPSA) is 35.2 Å². The lowest BCUT2D eigenvalue weighted by molar-refractivity contribution is -0.0131. The molecule has 16 heavy (non-hydrogen) atoms. The first kappa shape index (κ1) is 11.0. The average molecular weight is 223 g/mol. The number of rotatable bonds is 3. The molecule has 2 bridgehead atoms. The first-order chi connectivity index (χ1) is 7.83. The minimum absolute atomic E-state index is 0.312. The van der Waals surface area contributed by atoms with Gasteiger partial charge in [-0.3, -0.25) is 0 Å². The van der Waals surface area contributed by atoms with Gasteiger partial charge in [-0.25, -0.2) is 0 Å². The zero-order valence-electron chi connectivity index (χ0n) is 10.2. The van der Waals surface area contributed by atoms with Gasteiger partial charge in [0.05, 0.1) is 12.7 Å². The third-order valence-corrected chi connectivity index (χ3v) is 5.16. The molecule has 0 saturated heterocycles. The van der Waals surface area contributed by atoms with E-state index in [0.29, 0.717) is 12.1 Å². The predicted octanol–water partition coefficient (Wildman–Crippen LogP) is 2.71. The summed E-state index contributed by atoms with van der Waals surface area (Å²) >= 11 is 0. The highest BCUT2D eigenvalue weighted by Crippen LogP contribution is 2.48. The molecule has 3 fully saturated rings. The van der Waals surface area contributed by atoms with Gasteiger partial charge in [0.25, 0.3) is 0 Å². The summed E-state index contributed by atoms with van der Waals surface area (Å²) in [5, 5.41) is 0. The first-order valence-corrected chi connectivity index (χ1v) is 7.20. The van der Waals surface area contributed by atoms with Crippen LogP contribution in [0.3, 0.4) is 0 Å². The standard InChI is InChI=1S/C14H25NO/c15-13-3-1-2-4-14(13)16-9-12-8-10-5-6-11(12)7-10/h10-14H,1-9,15H2. The van der Waals surface area contributed by atoms with Gasteiger partial charge in [0.15, 0.2) is 0 Å². The lowest BCUT2D eigenvalue weighted by atomic mass is 9.89. The number of nitrogens with two attached hydrogens (primary N) is 1. The molecule has 2 heteroatoms. The smallest absolute Gasteiger partial charge is 0.0726 e. The Morgan fingerprint density at radius 2 is 1.88 bits per heavy atom. The van der Waals surface area contributed by atoms with Gasteiger partial charge >= 0.3 is 0 Å². The fourth-order valence-corrected chi connectivity index (χ4v) is 4.16. The van der Waals surface area contributed by atoms with Crippen LogP contribution in [0.4, 0.5) is 0 Å². The van der Waals surface area contributed by atoms with Gasteiger partial charge in [0, 0.05) is 6.04 Å². The van der Waals surface area contributed by atoms with Gasteiger partial charge < -0.3 is 10.5 Å². The molecule has 2 nitrogen and oxygen atoms in total. The van der Waals surface area contributed by atoms with Crippen molar-refractivity contribution < 1.29 is 4.74 Å². The van der Waals surface area contributed by atoms with Crippen molar-refractivity contribution in [1.29, 1.82) is 0 Å². The number of hydrogen-bond acceptors (Lipinski definition) is 2. The molecule has 2 N–H and O–H groups in total. The van der Waals surface area contributed by atoms with E-state index in [1.165, 1.54) is 51.4 Å². The van der Waals surface area contributed by atoms with Crippen molar-refractivity contribution in [3.63, 3.8) is 0 Å². The minimum Gasteiger partial charge on any atom is -0.376 e. The van der Waals surface area contributed by atoms with Crippen LogP contribution in [0.1, 0.15) is 51.4 Å². The Bertz CT molecular complexity index is 241. The van der Waals surface area contributed by atoms with Gasteiger partial charge in [0.2, 0.25) is 0 Å². The van der Waals surface area contributed by atoms with Crippen molar-refractivity contribution in [1.82, 2.24) is 0 Å². The molecule has 0 radical (unpaired) electrons. The van der Waals surface area contributed by atoms with Gasteiger partial charge in [-0.1, -0.05) is 19.3 Å². The molecule has 3 aliphatic rings. The van der Waals surface area contributed by atoms with E-state index in [-0.39, 0.29) is 0 Å². The zero-order chi connectivity index (χ0) is 11.0. The van der Waals surface area contributed by atoms with Gasteiger partial charge in [-0.2, -0.15) is 0 Å². The van der Waals surface area contributed by atoms with Crippen LogP contribution in [0.25, 0.3) is 0 Å². The van der Waals surface area contributed by atoms with E-state index >= 15 is 0 Å². The molecule has 5 atom stereocenters. The maximum Gasteiger partial charge on any atom is 0.0726 e. The number of fused-ring (bicyclic) bond motifs is 2. The minimum atomic E-state index is 0.312. The largest absolute Gasteiger partial charge is 0.376 e. The Labute approximate surface area is 98.9 Å². The fraction of sp³-hybridized carbons (Fsp3) is 1.00. The molecular weight excluding hydrogens is 198 g/mol. The van der Waals surface area contributed by atoms with Crippen molar-refractivity contribution in [3.05, 3.63) is 0 Å². The van der Waals surface area contributed by atoms with Crippen LogP contribution >= 0.6 is 0 Å². The zero-order valence-corrected chi connectivity index (χ0v) is 10.2. The Hall–Kier alpha value is -0.0800. The number of ether oxygens (including phenoxy) is 1. The maximum atomic E-state index is 6.11. The molecule has 92 valence electrons. The lowest BCUT2D eigenvalue weighted by Crippen LogP contribution is -2.40. The highest BCUT2D eigenvalue weighted by Gasteiger charge is 2.39. The van der Waals surface area contributed by atoms with Crippen molar-refractivity contribution in [2.75, 3.05) is 6.61 Å². The second kappa shape index (κ2) is 4.66. The molecule has 5 unspecified atom stereocenters. The third kappa shape index (κ3) is 2.14. The first-order valence-electron chi connectivity index (χ1n) is 7.20. The van der Waals surface area contributed by atoms with Crippen LogP contribution in [0, 0.1) is 17.8 Å². The summed E-state index contributed by atoms with van der Waals surface area (Å²) in [5.74, 6) is 2.90. The summed E-state index contributed by atoms with van der Waals surface area (Å²) in [4.78, 5) is 0. The molecule has 0 aromatic rings. The highest BCUT2D eigenvalue weighted by molar-refractivity contribution is 4.90. The lowest BCUT2D eigenvalue weighted by Gasteiger charge is -2.31. The van der Waals surface area contributed by atoms with E-state index in [2.05, 4.69) is 0 Å². The quantitative estimate of drug-likeness (QED) is 0.798. The van der Waals surface area contributed by atoms with Crippen LogP contribution in [-0.4, -0.2) is 18.8 Å². The summed E-state index contributed by atoms with van der Waals surface area (Å²) < 4.78 is 6.11. The fourth-order valence-electron chi connectivity index (χ4n) is 4.16. The van der Waals surface area contributed by atoms with Crippen LogP contribution in [0.5, 0.6) is 0 Å². The van der Waals surface area contributed by atoms with Crippen LogP contribution in [0.2, 0.25) is 0 Å². The van der Waals surface area contributed by atoms with E-state index < -0.39 is 0 Å². The highest BCUT2D eigenvalue weighted by atomic mass is 16.5. The van der Waals surface area contributed by atoms with Crippen molar-refractivity contribution in [3.8, 4) is 0 Å². The molecular formula is C14H25NO. The second-order valence-electron chi connectivity index (χ2n) is 6.26. The van der Waals surface area contributed by atoms with E-state index in [1.54, 1.807) is 0 Å². The Balaban J connectivity index is 1.45. The van der Waals surface area contributed by atoms with Crippen LogP contribution in [0.15, 0.2) is 0 Å². The Kier molecular flexibility index (Phi) is 3.21. The molecule has 0 aromatic heterocycles. The van der Waals surface area contributed by atoms with Gasteiger partial charge in [-0.15, -0.1) is 0 Å². The molecule has 3 rings (SSSR count). The normalized spacial score (nSPS) is 47.4. The summed E-state index contributed by atoms with van der Waals surface area (Å²) in [6.07, 6.45) is 11.2. The predicted molar refractivity (Wildman–Crippen MR) is 65.1 cm³/mol. The van der Waals surface area contributed by atoms with Crippen molar-refractivity contribution in [2.24, 2.45) is 23.5 Å². The van der Waals surface area contributed by atoms with E-state index in [0.717, 1.165) is 24.4 Å². The second-order valence-corrected chi connectivity index (χ2v) is 6.26. The molecule has 0 aliphatic heterocycles. The molecule has 0 amide bonds. The van der Waals surface area contributed by atoms with Gasteiger partial charge in [-0.05, 0) is 49.9 Å². The van der Waals surface area contributed by atoms with Crippen LogP contribution in [-0.2, 0) is 4.74 Å². The molecule has 0 aromatic carbocycles. The van der Waals surface area contributed by atoms with E-state index in [9.17, 15) is 0 Å². The van der Waals surface area contributed by atoms with Crippen LogP contribution < -0.4 is 5.73 Å². The monoisotopic (exact) mass is 223 g/mol. The summed E-state index contributed by atoms with van der Waals surface area (Å²) in [7, 11) is 0. The van der Waals surface area contributed by atoms with E-state index in [1.807, 2.05) is 0 Å². The molecule has 0 spiro atoms. The van der Waals surface area contributed by atoms with E-state index in [4.69, 9.17) is 10.5 Å². The van der Waals surface area contributed by atoms with Gasteiger partial charge in [0.1, 0.15) is 0 Å². The molecule has 3 aliphatic carbocycles. The summed E-state index contributed by atoms with van der Waals surface area (Å²) in [6, 6.07) is 0.312. The Morgan fingerprint density at radius 3 is 2.56 bits per heavy atom. The summed E-state index contributed by atoms with van der Waals surface area (Å²) in [5.41, 5.74) is 6.11. The average Bonchev–Trinajstić information content (AvgIpc) is 2.90. The SMILES string of the molecule is NC1CCCCC1OCC1CC2CCC1C2.